The molecular formula is C17H24N2O4. The van der Waals surface area contributed by atoms with Crippen molar-refractivity contribution in [2.24, 2.45) is 0 Å². The van der Waals surface area contributed by atoms with Crippen LogP contribution in [-0.2, 0) is 19.1 Å². The van der Waals surface area contributed by atoms with Crippen LogP contribution in [0.3, 0.4) is 0 Å². The lowest BCUT2D eigenvalue weighted by molar-refractivity contribution is -0.146. The molecule has 126 valence electrons. The summed E-state index contributed by atoms with van der Waals surface area (Å²) in [6, 6.07) is 5.59. The van der Waals surface area contributed by atoms with E-state index in [0.717, 1.165) is 12.1 Å². The summed E-state index contributed by atoms with van der Waals surface area (Å²) in [4.78, 5) is 30.3. The zero-order valence-electron chi connectivity index (χ0n) is 14.2. The van der Waals surface area contributed by atoms with E-state index in [-0.39, 0.29) is 18.8 Å². The first-order valence-corrected chi connectivity index (χ1v) is 7.79. The van der Waals surface area contributed by atoms with Gasteiger partial charge < -0.3 is 14.4 Å². The zero-order chi connectivity index (χ0) is 17.2. The molecule has 6 heteroatoms. The Hall–Kier alpha value is -2.37. The summed E-state index contributed by atoms with van der Waals surface area (Å²) in [7, 11) is 0. The van der Waals surface area contributed by atoms with E-state index in [4.69, 9.17) is 9.47 Å². The second-order valence-electron chi connectivity index (χ2n) is 4.81. The van der Waals surface area contributed by atoms with Gasteiger partial charge in [-0.3, -0.25) is 0 Å². The van der Waals surface area contributed by atoms with Gasteiger partial charge in [0, 0.05) is 18.4 Å². The summed E-state index contributed by atoms with van der Waals surface area (Å²) < 4.78 is 9.91. The standard InChI is InChI=1S/C17H24N2O4/c1-5-11-19(15-10-8-9-13(4)18-15)12-14(16(20)22-6-2)17(21)23-7-3/h8-10,12H,5-7,11H2,1-4H3. The number of carbonyl (C=O) groups excluding carboxylic acids is 2. The molecule has 0 fully saturated rings. The molecule has 1 heterocycles. The minimum absolute atomic E-state index is 0.134. The Bertz CT molecular complexity index is 549. The summed E-state index contributed by atoms with van der Waals surface area (Å²) in [6.07, 6.45) is 2.28. The normalized spacial score (nSPS) is 9.91. The number of carbonyl (C=O) groups is 2. The number of nitrogens with zero attached hydrogens (tertiary/aromatic N) is 2. The molecule has 0 bridgehead atoms. The number of hydrogen-bond acceptors (Lipinski definition) is 6. The molecule has 6 nitrogen and oxygen atoms in total. The number of aryl methyl sites for hydroxylation is 1. The highest BCUT2D eigenvalue weighted by Crippen LogP contribution is 2.15. The molecule has 0 atom stereocenters. The number of esters is 2. The van der Waals surface area contributed by atoms with Gasteiger partial charge in [-0.1, -0.05) is 13.0 Å². The Morgan fingerprint density at radius 2 is 1.74 bits per heavy atom. The van der Waals surface area contributed by atoms with Crippen LogP contribution < -0.4 is 4.90 Å². The number of pyridine rings is 1. The highest BCUT2D eigenvalue weighted by atomic mass is 16.6. The van der Waals surface area contributed by atoms with Gasteiger partial charge in [-0.2, -0.15) is 0 Å². The largest absolute Gasteiger partial charge is 0.462 e. The molecular weight excluding hydrogens is 296 g/mol. The molecule has 0 saturated heterocycles. The van der Waals surface area contributed by atoms with E-state index in [1.807, 2.05) is 32.0 Å². The van der Waals surface area contributed by atoms with Gasteiger partial charge in [0.05, 0.1) is 13.2 Å². The van der Waals surface area contributed by atoms with Crippen LogP contribution in [0.5, 0.6) is 0 Å². The highest BCUT2D eigenvalue weighted by molar-refractivity contribution is 6.14. The first-order chi connectivity index (χ1) is 11.0. The van der Waals surface area contributed by atoms with Crippen molar-refractivity contribution in [2.75, 3.05) is 24.7 Å². The van der Waals surface area contributed by atoms with E-state index in [9.17, 15) is 9.59 Å². The topological polar surface area (TPSA) is 68.7 Å². The van der Waals surface area contributed by atoms with Crippen LogP contribution >= 0.6 is 0 Å². The van der Waals surface area contributed by atoms with Crippen molar-refractivity contribution in [2.45, 2.75) is 34.1 Å². The quantitative estimate of drug-likeness (QED) is 0.317. The Labute approximate surface area is 137 Å². The van der Waals surface area contributed by atoms with Gasteiger partial charge in [0.25, 0.3) is 0 Å². The Morgan fingerprint density at radius 3 is 2.22 bits per heavy atom. The molecule has 0 aliphatic heterocycles. The van der Waals surface area contributed by atoms with Gasteiger partial charge in [-0.25, -0.2) is 14.6 Å². The molecule has 1 rings (SSSR count). The van der Waals surface area contributed by atoms with Crippen LogP contribution in [0.1, 0.15) is 32.9 Å². The van der Waals surface area contributed by atoms with Crippen LogP contribution in [0.4, 0.5) is 5.82 Å². The summed E-state index contributed by atoms with van der Waals surface area (Å²) in [6.45, 7) is 8.25. The number of aromatic nitrogens is 1. The molecule has 0 unspecified atom stereocenters. The van der Waals surface area contributed by atoms with Crippen molar-refractivity contribution in [3.8, 4) is 0 Å². The highest BCUT2D eigenvalue weighted by Gasteiger charge is 2.23. The maximum Gasteiger partial charge on any atom is 0.347 e. The van der Waals surface area contributed by atoms with E-state index in [1.165, 1.54) is 6.20 Å². The lowest BCUT2D eigenvalue weighted by Gasteiger charge is -2.20. The van der Waals surface area contributed by atoms with Gasteiger partial charge in [-0.05, 0) is 39.3 Å². The molecule has 0 spiro atoms. The summed E-state index contributed by atoms with van der Waals surface area (Å²) in [5.41, 5.74) is 0.719. The number of rotatable bonds is 8. The molecule has 1 aromatic heterocycles. The van der Waals surface area contributed by atoms with Gasteiger partial charge in [0.2, 0.25) is 0 Å². The summed E-state index contributed by atoms with van der Waals surface area (Å²) in [5, 5.41) is 0. The molecule has 0 saturated carbocycles. The summed E-state index contributed by atoms with van der Waals surface area (Å²) in [5.74, 6) is -0.725. The monoisotopic (exact) mass is 320 g/mol. The SMILES string of the molecule is CCCN(C=C(C(=O)OCC)C(=O)OCC)c1cccc(C)n1. The molecule has 0 N–H and O–H groups in total. The fourth-order valence-electron chi connectivity index (χ4n) is 1.94. The number of anilines is 1. The average molecular weight is 320 g/mol. The lowest BCUT2D eigenvalue weighted by atomic mass is 10.2. The third kappa shape index (κ3) is 5.73. The molecule has 0 aliphatic rings. The number of ether oxygens (including phenoxy) is 2. The number of hydrogen-bond donors (Lipinski definition) is 0. The van der Waals surface area contributed by atoms with Crippen molar-refractivity contribution >= 4 is 17.8 Å². The molecule has 0 aromatic carbocycles. The van der Waals surface area contributed by atoms with E-state index < -0.39 is 11.9 Å². The Balaban J connectivity index is 3.20. The first kappa shape index (κ1) is 18.7. The molecule has 23 heavy (non-hydrogen) atoms. The lowest BCUT2D eigenvalue weighted by Crippen LogP contribution is -2.25. The third-order valence-electron chi connectivity index (χ3n) is 2.91. The average Bonchev–Trinajstić information content (AvgIpc) is 2.51. The van der Waals surface area contributed by atoms with Crippen molar-refractivity contribution in [3.05, 3.63) is 35.7 Å². The fourth-order valence-corrected chi connectivity index (χ4v) is 1.94. The zero-order valence-corrected chi connectivity index (χ0v) is 14.2. The van der Waals surface area contributed by atoms with Gasteiger partial charge >= 0.3 is 11.9 Å². The Morgan fingerprint density at radius 1 is 1.13 bits per heavy atom. The van der Waals surface area contributed by atoms with Crippen molar-refractivity contribution in [1.82, 2.24) is 4.98 Å². The first-order valence-electron chi connectivity index (χ1n) is 7.79. The second-order valence-corrected chi connectivity index (χ2v) is 4.81. The predicted molar refractivity (Wildman–Crippen MR) is 88.0 cm³/mol. The van der Waals surface area contributed by atoms with Crippen LogP contribution in [0.25, 0.3) is 0 Å². The van der Waals surface area contributed by atoms with E-state index >= 15 is 0 Å². The molecule has 0 aliphatic carbocycles. The molecule has 0 amide bonds. The van der Waals surface area contributed by atoms with Crippen LogP contribution in [0.15, 0.2) is 30.0 Å². The minimum Gasteiger partial charge on any atom is -0.462 e. The van der Waals surface area contributed by atoms with Crippen molar-refractivity contribution in [3.63, 3.8) is 0 Å². The third-order valence-corrected chi connectivity index (χ3v) is 2.91. The van der Waals surface area contributed by atoms with Crippen LogP contribution in [-0.4, -0.2) is 36.7 Å². The van der Waals surface area contributed by atoms with E-state index in [1.54, 1.807) is 18.7 Å². The van der Waals surface area contributed by atoms with Gasteiger partial charge in [0.15, 0.2) is 5.57 Å². The smallest absolute Gasteiger partial charge is 0.347 e. The van der Waals surface area contributed by atoms with Crippen LogP contribution in [0, 0.1) is 6.92 Å². The van der Waals surface area contributed by atoms with E-state index in [0.29, 0.717) is 12.4 Å². The molecule has 1 aromatic rings. The Kier molecular flexibility index (Phi) is 7.80. The molecule has 0 radical (unpaired) electrons. The maximum absolute atomic E-state index is 12.1. The minimum atomic E-state index is -0.695. The van der Waals surface area contributed by atoms with Gasteiger partial charge in [0.1, 0.15) is 5.82 Å². The second kappa shape index (κ2) is 9.61. The predicted octanol–water partition coefficient (Wildman–Crippen LogP) is 2.62. The van der Waals surface area contributed by atoms with E-state index in [2.05, 4.69) is 4.98 Å². The maximum atomic E-state index is 12.1. The summed E-state index contributed by atoms with van der Waals surface area (Å²) >= 11 is 0. The van der Waals surface area contributed by atoms with Crippen molar-refractivity contribution in [1.29, 1.82) is 0 Å². The fraction of sp³-hybridized carbons (Fsp3) is 0.471. The van der Waals surface area contributed by atoms with Gasteiger partial charge in [-0.15, -0.1) is 0 Å². The van der Waals surface area contributed by atoms with Crippen molar-refractivity contribution < 1.29 is 19.1 Å². The van der Waals surface area contributed by atoms with Crippen LogP contribution in [0.2, 0.25) is 0 Å².